The fraction of sp³-hybridized carbons (Fsp3) is 0.529. The quantitative estimate of drug-likeness (QED) is 0.905. The minimum absolute atomic E-state index is 0.00804. The third kappa shape index (κ3) is 4.31. The zero-order valence-electron chi connectivity index (χ0n) is 12.5. The summed E-state index contributed by atoms with van der Waals surface area (Å²) in [7, 11) is 0. The predicted octanol–water partition coefficient (Wildman–Crippen LogP) is 3.24. The van der Waals surface area contributed by atoms with Crippen molar-refractivity contribution in [3.8, 4) is 0 Å². The molecule has 0 heterocycles. The molecule has 1 fully saturated rings. The number of rotatable bonds is 5. The van der Waals surface area contributed by atoms with Gasteiger partial charge in [-0.25, -0.2) is 0 Å². The summed E-state index contributed by atoms with van der Waals surface area (Å²) in [5, 5.41) is 8.91. The molecule has 1 aromatic rings. The average molecular weight is 289 g/mol. The van der Waals surface area contributed by atoms with Crippen molar-refractivity contribution in [2.24, 2.45) is 0 Å². The summed E-state index contributed by atoms with van der Waals surface area (Å²) in [6, 6.07) is 7.68. The van der Waals surface area contributed by atoms with Crippen molar-refractivity contribution < 1.29 is 14.7 Å². The molecule has 4 heteroatoms. The highest BCUT2D eigenvalue weighted by molar-refractivity contribution is 5.94. The van der Waals surface area contributed by atoms with Crippen molar-refractivity contribution in [1.29, 1.82) is 0 Å². The monoisotopic (exact) mass is 289 g/mol. The first kappa shape index (κ1) is 15.5. The summed E-state index contributed by atoms with van der Waals surface area (Å²) in [5.41, 5.74) is 1.76. The molecule has 1 amide bonds. The lowest BCUT2D eigenvalue weighted by molar-refractivity contribution is -0.137. The number of carboxylic acid groups (broad SMARTS) is 1. The summed E-state index contributed by atoms with van der Waals surface area (Å²) in [4.78, 5) is 25.3. The Labute approximate surface area is 125 Å². The molecule has 1 saturated carbocycles. The van der Waals surface area contributed by atoms with Gasteiger partial charge < -0.3 is 10.0 Å². The van der Waals surface area contributed by atoms with E-state index in [1.54, 1.807) is 4.90 Å². The zero-order chi connectivity index (χ0) is 15.2. The van der Waals surface area contributed by atoms with Crippen LogP contribution in [-0.4, -0.2) is 34.5 Å². The molecule has 1 aliphatic carbocycles. The molecule has 1 aromatic carbocycles. The molecule has 1 aliphatic rings. The van der Waals surface area contributed by atoms with Crippen LogP contribution in [0.4, 0.5) is 0 Å². The van der Waals surface area contributed by atoms with Crippen molar-refractivity contribution in [3.05, 3.63) is 35.4 Å². The van der Waals surface area contributed by atoms with Gasteiger partial charge in [-0.3, -0.25) is 9.59 Å². The maximum absolute atomic E-state index is 12.7. The van der Waals surface area contributed by atoms with Crippen LogP contribution in [0.2, 0.25) is 0 Å². The Kier molecular flexibility index (Phi) is 5.37. The van der Waals surface area contributed by atoms with E-state index in [4.69, 9.17) is 5.11 Å². The number of carboxylic acids is 1. The highest BCUT2D eigenvalue weighted by atomic mass is 16.4. The minimum atomic E-state index is -0.854. The molecule has 0 unspecified atom stereocenters. The van der Waals surface area contributed by atoms with Crippen molar-refractivity contribution >= 4 is 11.9 Å². The van der Waals surface area contributed by atoms with Crippen molar-refractivity contribution in [2.45, 2.75) is 51.5 Å². The van der Waals surface area contributed by atoms with Gasteiger partial charge in [0.25, 0.3) is 5.91 Å². The molecule has 21 heavy (non-hydrogen) atoms. The molecular weight excluding hydrogens is 266 g/mol. The van der Waals surface area contributed by atoms with Crippen LogP contribution in [0.15, 0.2) is 24.3 Å². The number of hydrogen-bond acceptors (Lipinski definition) is 2. The minimum Gasteiger partial charge on any atom is -0.481 e. The van der Waals surface area contributed by atoms with Crippen LogP contribution in [-0.2, 0) is 4.79 Å². The highest BCUT2D eigenvalue weighted by Gasteiger charge is 2.26. The smallest absolute Gasteiger partial charge is 0.305 e. The van der Waals surface area contributed by atoms with Crippen LogP contribution in [0.25, 0.3) is 0 Å². The van der Waals surface area contributed by atoms with E-state index in [-0.39, 0.29) is 18.4 Å². The van der Waals surface area contributed by atoms with Crippen molar-refractivity contribution in [2.75, 3.05) is 6.54 Å². The van der Waals surface area contributed by atoms with Crippen LogP contribution >= 0.6 is 0 Å². The largest absolute Gasteiger partial charge is 0.481 e. The SMILES string of the molecule is Cc1ccc(C(=O)N(CCC(=O)O)C2CCCCC2)cc1. The molecule has 0 radical (unpaired) electrons. The van der Waals surface area contributed by atoms with Crippen molar-refractivity contribution in [3.63, 3.8) is 0 Å². The molecule has 0 atom stereocenters. The number of aryl methyl sites for hydroxylation is 1. The second-order valence-electron chi connectivity index (χ2n) is 5.80. The van der Waals surface area contributed by atoms with Gasteiger partial charge in [0, 0.05) is 18.2 Å². The van der Waals surface area contributed by atoms with Gasteiger partial charge in [0.15, 0.2) is 0 Å². The van der Waals surface area contributed by atoms with Gasteiger partial charge in [-0.1, -0.05) is 37.0 Å². The number of aliphatic carboxylic acids is 1. The molecular formula is C17H23NO3. The Morgan fingerprint density at radius 1 is 1.14 bits per heavy atom. The number of amides is 1. The lowest BCUT2D eigenvalue weighted by Crippen LogP contribution is -2.42. The summed E-state index contributed by atoms with van der Waals surface area (Å²) in [5.74, 6) is -0.893. The van der Waals surface area contributed by atoms with Gasteiger partial charge in [0.05, 0.1) is 6.42 Å². The molecule has 0 bridgehead atoms. The van der Waals surface area contributed by atoms with Crippen LogP contribution in [0.1, 0.15) is 54.4 Å². The maximum atomic E-state index is 12.7. The Morgan fingerprint density at radius 3 is 2.33 bits per heavy atom. The molecule has 2 rings (SSSR count). The second kappa shape index (κ2) is 7.25. The lowest BCUT2D eigenvalue weighted by Gasteiger charge is -2.34. The Bertz CT molecular complexity index is 489. The molecule has 0 aliphatic heterocycles. The van der Waals surface area contributed by atoms with Crippen LogP contribution in [0, 0.1) is 6.92 Å². The molecule has 1 N–H and O–H groups in total. The Hall–Kier alpha value is -1.84. The fourth-order valence-electron chi connectivity index (χ4n) is 2.92. The molecule has 0 saturated heterocycles. The van der Waals surface area contributed by atoms with Gasteiger partial charge in [-0.05, 0) is 31.9 Å². The molecule has 0 aromatic heterocycles. The van der Waals surface area contributed by atoms with E-state index in [1.807, 2.05) is 31.2 Å². The van der Waals surface area contributed by atoms with Crippen LogP contribution in [0.5, 0.6) is 0 Å². The van der Waals surface area contributed by atoms with E-state index in [0.717, 1.165) is 31.2 Å². The van der Waals surface area contributed by atoms with Crippen LogP contribution in [0.3, 0.4) is 0 Å². The van der Waals surface area contributed by atoms with Crippen LogP contribution < -0.4 is 0 Å². The maximum Gasteiger partial charge on any atom is 0.305 e. The summed E-state index contributed by atoms with van der Waals surface area (Å²) in [6.07, 6.45) is 5.43. The van der Waals surface area contributed by atoms with E-state index >= 15 is 0 Å². The first-order valence-corrected chi connectivity index (χ1v) is 7.67. The second-order valence-corrected chi connectivity index (χ2v) is 5.80. The number of nitrogens with zero attached hydrogens (tertiary/aromatic N) is 1. The lowest BCUT2D eigenvalue weighted by atomic mass is 9.93. The third-order valence-corrected chi connectivity index (χ3v) is 4.14. The van der Waals surface area contributed by atoms with E-state index in [9.17, 15) is 9.59 Å². The van der Waals surface area contributed by atoms with E-state index in [1.165, 1.54) is 6.42 Å². The van der Waals surface area contributed by atoms with Gasteiger partial charge in [0.2, 0.25) is 0 Å². The highest BCUT2D eigenvalue weighted by Crippen LogP contribution is 2.24. The van der Waals surface area contributed by atoms with E-state index in [2.05, 4.69) is 0 Å². The standard InChI is InChI=1S/C17H23NO3/c1-13-7-9-14(10-8-13)17(21)18(12-11-16(19)20)15-5-3-2-4-6-15/h7-10,15H,2-6,11-12H2,1H3,(H,19,20). The zero-order valence-corrected chi connectivity index (χ0v) is 12.5. The Balaban J connectivity index is 2.14. The summed E-state index contributed by atoms with van der Waals surface area (Å²) < 4.78 is 0. The van der Waals surface area contributed by atoms with E-state index in [0.29, 0.717) is 12.1 Å². The number of carbonyl (C=O) groups is 2. The molecule has 4 nitrogen and oxygen atoms in total. The number of benzene rings is 1. The topological polar surface area (TPSA) is 57.6 Å². The molecule has 114 valence electrons. The van der Waals surface area contributed by atoms with Crippen molar-refractivity contribution in [1.82, 2.24) is 4.90 Å². The predicted molar refractivity (Wildman–Crippen MR) is 81.3 cm³/mol. The van der Waals surface area contributed by atoms with E-state index < -0.39 is 5.97 Å². The first-order chi connectivity index (χ1) is 10.1. The summed E-state index contributed by atoms with van der Waals surface area (Å²) >= 11 is 0. The van der Waals surface area contributed by atoms with Gasteiger partial charge in [0.1, 0.15) is 0 Å². The fourth-order valence-corrected chi connectivity index (χ4v) is 2.92. The summed E-state index contributed by atoms with van der Waals surface area (Å²) in [6.45, 7) is 2.28. The normalized spacial score (nSPS) is 15.7. The Morgan fingerprint density at radius 2 is 1.76 bits per heavy atom. The third-order valence-electron chi connectivity index (χ3n) is 4.14. The van der Waals surface area contributed by atoms with Gasteiger partial charge in [-0.2, -0.15) is 0 Å². The number of hydrogen-bond donors (Lipinski definition) is 1. The van der Waals surface area contributed by atoms with Gasteiger partial charge >= 0.3 is 5.97 Å². The van der Waals surface area contributed by atoms with Gasteiger partial charge in [-0.15, -0.1) is 0 Å². The first-order valence-electron chi connectivity index (χ1n) is 7.67. The average Bonchev–Trinajstić information content (AvgIpc) is 2.49. The molecule has 0 spiro atoms. The number of carbonyl (C=O) groups excluding carboxylic acids is 1.